The molecular weight excluding hydrogens is 344 g/mol. The van der Waals surface area contributed by atoms with Crippen molar-refractivity contribution in [3.8, 4) is 0 Å². The van der Waals surface area contributed by atoms with E-state index in [9.17, 15) is 9.59 Å². The van der Waals surface area contributed by atoms with Crippen LogP contribution in [0.15, 0.2) is 18.3 Å². The molecule has 8 nitrogen and oxygen atoms in total. The van der Waals surface area contributed by atoms with E-state index in [1.807, 2.05) is 19.9 Å². The lowest BCUT2D eigenvalue weighted by Crippen LogP contribution is -2.46. The quantitative estimate of drug-likeness (QED) is 0.646. The van der Waals surface area contributed by atoms with Crippen molar-refractivity contribution in [3.63, 3.8) is 0 Å². The highest BCUT2D eigenvalue weighted by Gasteiger charge is 2.21. The second-order valence-corrected chi connectivity index (χ2v) is 7.62. The first kappa shape index (κ1) is 21.1. The smallest absolute Gasteiger partial charge is 0.244 e. The van der Waals surface area contributed by atoms with Crippen LogP contribution in [0.25, 0.3) is 0 Å². The van der Waals surface area contributed by atoms with Gasteiger partial charge in [-0.3, -0.25) is 9.59 Å². The lowest BCUT2D eigenvalue weighted by Gasteiger charge is -2.36. The van der Waals surface area contributed by atoms with Gasteiger partial charge in [0.2, 0.25) is 11.8 Å². The summed E-state index contributed by atoms with van der Waals surface area (Å²) < 4.78 is 0. The summed E-state index contributed by atoms with van der Waals surface area (Å²) in [5.41, 5.74) is 6.80. The van der Waals surface area contributed by atoms with Gasteiger partial charge in [0, 0.05) is 19.1 Å². The summed E-state index contributed by atoms with van der Waals surface area (Å²) in [4.78, 5) is 32.7. The summed E-state index contributed by atoms with van der Waals surface area (Å²) in [5.74, 6) is -0.171. The predicted molar refractivity (Wildman–Crippen MR) is 108 cm³/mol. The minimum Gasteiger partial charge on any atom is -0.370 e. The van der Waals surface area contributed by atoms with Crippen molar-refractivity contribution >= 4 is 23.3 Å². The predicted octanol–water partition coefficient (Wildman–Crippen LogP) is 0.650. The van der Waals surface area contributed by atoms with Crippen molar-refractivity contribution in [2.45, 2.75) is 38.8 Å². The Labute approximate surface area is 161 Å². The molecule has 0 bridgehead atoms. The van der Waals surface area contributed by atoms with Crippen LogP contribution in [0.1, 0.15) is 26.7 Å². The van der Waals surface area contributed by atoms with Gasteiger partial charge in [-0.2, -0.15) is 0 Å². The van der Waals surface area contributed by atoms with Crippen molar-refractivity contribution < 1.29 is 9.59 Å². The van der Waals surface area contributed by atoms with E-state index in [1.165, 1.54) is 0 Å². The molecule has 0 unspecified atom stereocenters. The van der Waals surface area contributed by atoms with E-state index in [2.05, 4.69) is 39.5 Å². The van der Waals surface area contributed by atoms with Crippen LogP contribution >= 0.6 is 0 Å². The van der Waals surface area contributed by atoms with Crippen LogP contribution < -0.4 is 21.3 Å². The second kappa shape index (κ2) is 9.66. The molecule has 150 valence electrons. The monoisotopic (exact) mass is 376 g/mol. The lowest BCUT2D eigenvalue weighted by molar-refractivity contribution is -0.125. The summed E-state index contributed by atoms with van der Waals surface area (Å²) in [6, 6.07) is 3.76. The number of nitrogens with two attached hydrogens (primary N) is 1. The molecule has 27 heavy (non-hydrogen) atoms. The molecule has 2 heterocycles. The van der Waals surface area contributed by atoms with Crippen LogP contribution in [-0.2, 0) is 9.59 Å². The Kier molecular flexibility index (Phi) is 7.55. The third kappa shape index (κ3) is 6.18. The van der Waals surface area contributed by atoms with Crippen molar-refractivity contribution in [1.29, 1.82) is 0 Å². The highest BCUT2D eigenvalue weighted by atomic mass is 16.2. The van der Waals surface area contributed by atoms with Crippen molar-refractivity contribution in [1.82, 2.24) is 15.2 Å². The van der Waals surface area contributed by atoms with Gasteiger partial charge in [-0.1, -0.05) is 13.8 Å². The largest absolute Gasteiger partial charge is 0.370 e. The van der Waals surface area contributed by atoms with Gasteiger partial charge in [0.05, 0.1) is 24.5 Å². The molecule has 1 fully saturated rings. The molecule has 4 N–H and O–H groups in total. The number of aromatic nitrogens is 1. The summed E-state index contributed by atoms with van der Waals surface area (Å²) in [6.45, 7) is 5.59. The number of carbonyl (C=O) groups excluding carboxylic acids is 2. The summed E-state index contributed by atoms with van der Waals surface area (Å²) in [6.07, 6.45) is 4.03. The number of amides is 2. The Bertz CT molecular complexity index is 624. The average molecular weight is 377 g/mol. The van der Waals surface area contributed by atoms with Crippen LogP contribution in [-0.4, -0.2) is 67.5 Å². The lowest BCUT2D eigenvalue weighted by atomic mass is 10.0. The minimum absolute atomic E-state index is 0.0186. The highest BCUT2D eigenvalue weighted by Crippen LogP contribution is 2.21. The van der Waals surface area contributed by atoms with Crippen LogP contribution in [0.2, 0.25) is 0 Å². The van der Waals surface area contributed by atoms with Gasteiger partial charge in [-0.15, -0.1) is 0 Å². The molecule has 1 atom stereocenters. The van der Waals surface area contributed by atoms with E-state index in [0.29, 0.717) is 11.9 Å². The number of hydrogen-bond donors (Lipinski definition) is 3. The molecule has 1 aromatic rings. The van der Waals surface area contributed by atoms with E-state index in [0.717, 1.165) is 31.6 Å². The Hall–Kier alpha value is -2.19. The molecule has 2 rings (SSSR count). The molecule has 0 aromatic carbocycles. The first-order valence-electron chi connectivity index (χ1n) is 9.48. The van der Waals surface area contributed by atoms with E-state index >= 15 is 0 Å². The number of carbonyl (C=O) groups is 2. The fraction of sp³-hybridized carbons (Fsp3) is 0.632. The van der Waals surface area contributed by atoms with Crippen LogP contribution in [0.4, 0.5) is 11.5 Å². The first-order chi connectivity index (χ1) is 12.8. The van der Waals surface area contributed by atoms with E-state index < -0.39 is 6.04 Å². The zero-order valence-corrected chi connectivity index (χ0v) is 16.7. The number of rotatable bonds is 7. The fourth-order valence-electron chi connectivity index (χ4n) is 3.06. The Morgan fingerprint density at radius 2 is 1.96 bits per heavy atom. The highest BCUT2D eigenvalue weighted by molar-refractivity contribution is 5.94. The third-order valence-corrected chi connectivity index (χ3v) is 5.02. The van der Waals surface area contributed by atoms with Gasteiger partial charge in [0.1, 0.15) is 5.82 Å². The van der Waals surface area contributed by atoms with Gasteiger partial charge < -0.3 is 26.2 Å². The number of anilines is 2. The molecule has 2 amide bonds. The first-order valence-corrected chi connectivity index (χ1v) is 9.48. The maximum Gasteiger partial charge on any atom is 0.244 e. The number of hydrogen-bond acceptors (Lipinski definition) is 6. The molecule has 0 spiro atoms. The van der Waals surface area contributed by atoms with Crippen LogP contribution in [0.3, 0.4) is 0 Å². The van der Waals surface area contributed by atoms with E-state index in [-0.39, 0.29) is 24.3 Å². The minimum atomic E-state index is -0.619. The SMILES string of the molecule is CC(C)[C@H](N)C(=O)NCC(=O)Nc1ccc(N2CCC(N(C)C)CC2)cn1. The third-order valence-electron chi connectivity index (χ3n) is 5.02. The Morgan fingerprint density at radius 3 is 2.48 bits per heavy atom. The van der Waals surface area contributed by atoms with Gasteiger partial charge in [0.25, 0.3) is 0 Å². The Morgan fingerprint density at radius 1 is 1.30 bits per heavy atom. The topological polar surface area (TPSA) is 104 Å². The van der Waals surface area contributed by atoms with E-state index in [1.54, 1.807) is 12.3 Å². The van der Waals surface area contributed by atoms with Gasteiger partial charge in [-0.05, 0) is 45.0 Å². The molecule has 1 saturated heterocycles. The summed E-state index contributed by atoms with van der Waals surface area (Å²) >= 11 is 0. The normalized spacial score (nSPS) is 16.5. The number of nitrogens with one attached hydrogen (secondary N) is 2. The van der Waals surface area contributed by atoms with Crippen LogP contribution in [0.5, 0.6) is 0 Å². The van der Waals surface area contributed by atoms with Crippen LogP contribution in [0, 0.1) is 5.92 Å². The maximum atomic E-state index is 12.0. The summed E-state index contributed by atoms with van der Waals surface area (Å²) in [5, 5.41) is 5.23. The van der Waals surface area contributed by atoms with Crippen molar-refractivity contribution in [2.75, 3.05) is 43.9 Å². The fourth-order valence-corrected chi connectivity index (χ4v) is 3.06. The number of piperidine rings is 1. The van der Waals surface area contributed by atoms with E-state index in [4.69, 9.17) is 5.73 Å². The molecule has 1 aliphatic heterocycles. The molecule has 8 heteroatoms. The number of nitrogens with zero attached hydrogens (tertiary/aromatic N) is 3. The van der Waals surface area contributed by atoms with Crippen molar-refractivity contribution in [2.24, 2.45) is 11.7 Å². The maximum absolute atomic E-state index is 12.0. The molecule has 1 aliphatic rings. The standard InChI is InChI=1S/C19H32N6O2/c1-13(2)18(20)19(27)22-12-17(26)23-16-6-5-15(11-21-16)25-9-7-14(8-10-25)24(3)4/h5-6,11,13-14,18H,7-10,12,20H2,1-4H3,(H,22,27)(H,21,23,26)/t18-/m0/s1. The van der Waals surface area contributed by atoms with Gasteiger partial charge >= 0.3 is 0 Å². The molecule has 0 aliphatic carbocycles. The zero-order valence-electron chi connectivity index (χ0n) is 16.7. The zero-order chi connectivity index (χ0) is 20.0. The Balaban J connectivity index is 1.80. The summed E-state index contributed by atoms with van der Waals surface area (Å²) in [7, 11) is 4.25. The van der Waals surface area contributed by atoms with Gasteiger partial charge in [-0.25, -0.2) is 4.98 Å². The molecule has 1 aromatic heterocycles. The molecular formula is C19H32N6O2. The second-order valence-electron chi connectivity index (χ2n) is 7.62. The molecule has 0 radical (unpaired) electrons. The van der Waals surface area contributed by atoms with Crippen molar-refractivity contribution in [3.05, 3.63) is 18.3 Å². The average Bonchev–Trinajstić information content (AvgIpc) is 2.66. The van der Waals surface area contributed by atoms with Gasteiger partial charge in [0.15, 0.2) is 0 Å². The molecule has 0 saturated carbocycles. The number of pyridine rings is 1.